The second kappa shape index (κ2) is 21.1. The summed E-state index contributed by atoms with van der Waals surface area (Å²) in [5.74, 6) is 1.55. The van der Waals surface area contributed by atoms with Gasteiger partial charge in [0.15, 0.2) is 22.9 Å². The molecule has 1 N–H and O–H groups in total. The molecule has 2 aromatic carbocycles. The van der Waals surface area contributed by atoms with Crippen LogP contribution in [0.25, 0.3) is 67.2 Å². The lowest BCUT2D eigenvalue weighted by molar-refractivity contribution is -0.173. The van der Waals surface area contributed by atoms with Crippen molar-refractivity contribution in [3.8, 4) is 23.0 Å². The Labute approximate surface area is 364 Å². The van der Waals surface area contributed by atoms with E-state index in [1.807, 2.05) is 98.9 Å². The van der Waals surface area contributed by atoms with Crippen LogP contribution in [0.15, 0.2) is 83.4 Å². The monoisotopic (exact) mass is 900 g/mol. The Balaban J connectivity index is 0.000000214. The maximum Gasteiger partial charge on any atom is 0.425 e. The van der Waals surface area contributed by atoms with Gasteiger partial charge >= 0.3 is 29.3 Å². The number of benzene rings is 2. The summed E-state index contributed by atoms with van der Waals surface area (Å²) >= 11 is -1.50. The molecule has 0 saturated carbocycles. The van der Waals surface area contributed by atoms with E-state index in [2.05, 4.69) is 38.1 Å². The summed E-state index contributed by atoms with van der Waals surface area (Å²) in [6, 6.07) is 19.3. The summed E-state index contributed by atoms with van der Waals surface area (Å²) in [6.45, 7) is 6.71. The van der Waals surface area contributed by atoms with Crippen LogP contribution in [0.2, 0.25) is 0 Å². The molecular weight excluding hydrogens is 862 g/mol. The Kier molecular flexibility index (Phi) is 15.7. The number of rotatable bonds is 8. The molecule has 21 heteroatoms. The van der Waals surface area contributed by atoms with Crippen LogP contribution in [0, 0.1) is 13.8 Å². The Morgan fingerprint density at radius 3 is 1.49 bits per heavy atom. The average Bonchev–Trinajstić information content (AvgIpc) is 3.75. The van der Waals surface area contributed by atoms with Gasteiger partial charge in [0.2, 0.25) is 6.61 Å². The van der Waals surface area contributed by atoms with E-state index in [1.54, 1.807) is 12.1 Å². The first-order valence-electron chi connectivity index (χ1n) is 18.9. The van der Waals surface area contributed by atoms with E-state index >= 15 is 0 Å². The SMILES string of the molecule is CCc1cc2cc(/C=N/O)ccc2nc1-c1nc2cc(C)cnc2n1C.CCc1cc2cc(/C=N/OCC(F)(F)F)ccc2nc1-c1nc2cc(C)cnc2n1C.O=S=O.O=S=O. The summed E-state index contributed by atoms with van der Waals surface area (Å²) in [5, 5.41) is 17.1. The minimum absolute atomic E-state index is 0.619. The number of aromatic nitrogens is 8. The van der Waals surface area contributed by atoms with Crippen molar-refractivity contribution < 1.29 is 40.1 Å². The first-order valence-corrected chi connectivity index (χ1v) is 20.2. The molecule has 0 atom stereocenters. The topological polar surface area (TPSA) is 210 Å². The first-order chi connectivity index (χ1) is 30.2. The van der Waals surface area contributed by atoms with Gasteiger partial charge in [0.05, 0.1) is 23.5 Å². The van der Waals surface area contributed by atoms with E-state index in [4.69, 9.17) is 42.0 Å². The van der Waals surface area contributed by atoms with Gasteiger partial charge in [-0.25, -0.2) is 29.9 Å². The molecule has 6 heterocycles. The van der Waals surface area contributed by atoms with Crippen molar-refractivity contribution in [2.75, 3.05) is 6.61 Å². The number of oxime groups is 2. The van der Waals surface area contributed by atoms with Crippen LogP contribution in [-0.2, 0) is 54.9 Å². The fourth-order valence-corrected chi connectivity index (χ4v) is 6.62. The predicted octanol–water partition coefficient (Wildman–Crippen LogP) is 7.49. The van der Waals surface area contributed by atoms with Gasteiger partial charge in [-0.2, -0.15) is 30.0 Å². The Morgan fingerprint density at radius 2 is 1.10 bits per heavy atom. The van der Waals surface area contributed by atoms with E-state index in [9.17, 15) is 13.2 Å². The zero-order valence-corrected chi connectivity index (χ0v) is 36.2. The number of halogens is 3. The number of imidazole rings is 2. The van der Waals surface area contributed by atoms with Crippen molar-refractivity contribution in [2.24, 2.45) is 24.4 Å². The molecule has 8 rings (SSSR count). The average molecular weight is 901 g/mol. The van der Waals surface area contributed by atoms with Gasteiger partial charge in [0, 0.05) is 37.3 Å². The second-order valence-corrected chi connectivity index (χ2v) is 14.1. The normalized spacial score (nSPS) is 11.3. The van der Waals surface area contributed by atoms with Gasteiger partial charge in [-0.3, -0.25) is 0 Å². The highest BCUT2D eigenvalue weighted by molar-refractivity contribution is 7.51. The van der Waals surface area contributed by atoms with Crippen molar-refractivity contribution in [3.63, 3.8) is 0 Å². The van der Waals surface area contributed by atoms with Gasteiger partial charge in [0.1, 0.15) is 22.4 Å². The van der Waals surface area contributed by atoms with E-state index in [0.29, 0.717) is 5.56 Å². The summed E-state index contributed by atoms with van der Waals surface area (Å²) < 4.78 is 73.5. The van der Waals surface area contributed by atoms with Gasteiger partial charge < -0.3 is 19.2 Å². The maximum absolute atomic E-state index is 12.1. The van der Waals surface area contributed by atoms with Crippen LogP contribution >= 0.6 is 0 Å². The number of pyridine rings is 4. The summed E-state index contributed by atoms with van der Waals surface area (Å²) in [7, 11) is 3.89. The van der Waals surface area contributed by atoms with Gasteiger partial charge in [-0.15, -0.1) is 0 Å². The molecule has 0 aliphatic carbocycles. The Morgan fingerprint density at radius 1 is 0.667 bits per heavy atom. The van der Waals surface area contributed by atoms with Crippen molar-refractivity contribution in [1.82, 2.24) is 39.0 Å². The molecule has 6 aromatic heterocycles. The number of aryl methyl sites for hydroxylation is 6. The van der Waals surface area contributed by atoms with Gasteiger partial charge in [-0.1, -0.05) is 36.3 Å². The summed E-state index contributed by atoms with van der Waals surface area (Å²) in [6.07, 6.45) is 3.49. The number of hydrogen-bond acceptors (Lipinski definition) is 14. The Bertz CT molecular complexity index is 3060. The molecule has 0 aliphatic rings. The minimum Gasteiger partial charge on any atom is -0.411 e. The van der Waals surface area contributed by atoms with E-state index < -0.39 is 35.9 Å². The minimum atomic E-state index is -4.42. The van der Waals surface area contributed by atoms with Crippen LogP contribution in [-0.4, -0.2) is 86.3 Å². The van der Waals surface area contributed by atoms with E-state index in [0.717, 1.165) is 108 Å². The quantitative estimate of drug-likeness (QED) is 0.0894. The smallest absolute Gasteiger partial charge is 0.411 e. The molecule has 0 radical (unpaired) electrons. The first kappa shape index (κ1) is 46.9. The highest BCUT2D eigenvalue weighted by Gasteiger charge is 2.28. The third-order valence-corrected chi connectivity index (χ3v) is 9.42. The lowest BCUT2D eigenvalue weighted by Gasteiger charge is -2.10. The third-order valence-electron chi connectivity index (χ3n) is 9.42. The van der Waals surface area contributed by atoms with Crippen LogP contribution in [0.3, 0.4) is 0 Å². The second-order valence-electron chi connectivity index (χ2n) is 13.8. The predicted molar refractivity (Wildman–Crippen MR) is 234 cm³/mol. The molecule has 0 amide bonds. The molecule has 0 unspecified atom stereocenters. The van der Waals surface area contributed by atoms with Crippen LogP contribution < -0.4 is 0 Å². The molecule has 0 bridgehead atoms. The zero-order chi connectivity index (χ0) is 45.8. The molecule has 8 aromatic rings. The maximum atomic E-state index is 12.1. The molecular formula is C42H39F3N10O6S2. The number of alkyl halides is 3. The highest BCUT2D eigenvalue weighted by Crippen LogP contribution is 2.30. The highest BCUT2D eigenvalue weighted by atomic mass is 32.1. The lowest BCUT2D eigenvalue weighted by Crippen LogP contribution is -2.14. The Hall–Kier alpha value is -7.13. The van der Waals surface area contributed by atoms with Gasteiger partial charge in [-0.05, 0) is 109 Å². The molecule has 63 heavy (non-hydrogen) atoms. The zero-order valence-electron chi connectivity index (χ0n) is 34.6. The lowest BCUT2D eigenvalue weighted by atomic mass is 10.0. The molecule has 0 spiro atoms. The molecule has 16 nitrogen and oxygen atoms in total. The van der Waals surface area contributed by atoms with E-state index in [-0.39, 0.29) is 0 Å². The molecule has 0 saturated heterocycles. The van der Waals surface area contributed by atoms with Crippen LogP contribution in [0.4, 0.5) is 13.2 Å². The van der Waals surface area contributed by atoms with Crippen LogP contribution in [0.5, 0.6) is 0 Å². The largest absolute Gasteiger partial charge is 0.425 e. The fourth-order valence-electron chi connectivity index (χ4n) is 6.62. The number of nitrogens with zero attached hydrogens (tertiary/aromatic N) is 10. The third kappa shape index (κ3) is 11.4. The molecule has 326 valence electrons. The summed E-state index contributed by atoms with van der Waals surface area (Å²) in [4.78, 5) is 32.5. The summed E-state index contributed by atoms with van der Waals surface area (Å²) in [5.41, 5.74) is 12.3. The van der Waals surface area contributed by atoms with Crippen molar-refractivity contribution in [2.45, 2.75) is 46.7 Å². The van der Waals surface area contributed by atoms with Crippen LogP contribution in [0.1, 0.15) is 47.2 Å². The van der Waals surface area contributed by atoms with Crippen molar-refractivity contribution in [3.05, 3.63) is 106 Å². The van der Waals surface area contributed by atoms with Crippen molar-refractivity contribution >= 4 is 79.7 Å². The molecule has 0 aliphatic heterocycles. The van der Waals surface area contributed by atoms with Gasteiger partial charge in [0.25, 0.3) is 0 Å². The standard InChI is InChI=1S/C22H20F3N5O.C20H19N5O.2O2S/c1-4-15-9-16-8-14(11-27-31-12-22(23,24)25)5-6-17(16)28-19(15)21-29-18-7-13(2)10-26-20(18)30(21)3;1-4-14-9-15-8-13(11-22-26)5-6-16(15)23-18(14)20-24-17-7-12(2)10-21-19(17)25(20)3;2*1-3-2/h5-11H,4,12H2,1-3H3;5-11,26H,4H2,1-3H3;;/b27-11+;22-11+;;. The van der Waals surface area contributed by atoms with Crippen molar-refractivity contribution in [1.29, 1.82) is 0 Å². The number of fused-ring (bicyclic) bond motifs is 4. The van der Waals surface area contributed by atoms with E-state index in [1.165, 1.54) is 12.4 Å². The molecule has 0 fully saturated rings. The number of hydrogen-bond donors (Lipinski definition) is 1. The fraction of sp³-hybridized carbons (Fsp3) is 0.238.